The molecule has 2 heterocycles. The summed E-state index contributed by atoms with van der Waals surface area (Å²) in [7, 11) is 0. The van der Waals surface area contributed by atoms with Crippen molar-refractivity contribution in [1.29, 1.82) is 0 Å². The summed E-state index contributed by atoms with van der Waals surface area (Å²) in [5, 5.41) is 15.0. The van der Waals surface area contributed by atoms with E-state index in [1.807, 2.05) is 19.9 Å². The number of aryl methyl sites for hydroxylation is 2. The molecule has 0 aliphatic carbocycles. The summed E-state index contributed by atoms with van der Waals surface area (Å²) < 4.78 is 15.3. The maximum atomic E-state index is 13.6. The Balaban J connectivity index is 1.77. The molecule has 3 rings (SSSR count). The van der Waals surface area contributed by atoms with E-state index in [-0.39, 0.29) is 11.3 Å². The molecule has 1 aromatic carbocycles. The third-order valence-electron chi connectivity index (χ3n) is 3.23. The van der Waals surface area contributed by atoms with Crippen molar-refractivity contribution in [3.05, 3.63) is 53.1 Å². The topological polar surface area (TPSA) is 63.3 Å². The molecule has 0 saturated heterocycles. The Morgan fingerprint density at radius 3 is 2.82 bits per heavy atom. The molecule has 0 aliphatic heterocycles. The second-order valence-electron chi connectivity index (χ2n) is 4.99. The third kappa shape index (κ3) is 2.95. The number of aliphatic hydroxyl groups is 1. The molecule has 3 aromatic rings. The fourth-order valence-corrected chi connectivity index (χ4v) is 2.97. The predicted molar refractivity (Wildman–Crippen MR) is 82.3 cm³/mol. The summed E-state index contributed by atoms with van der Waals surface area (Å²) in [5.41, 5.74) is 2.10. The summed E-state index contributed by atoms with van der Waals surface area (Å²) in [6, 6.07) is 8.13. The van der Waals surface area contributed by atoms with Gasteiger partial charge in [0.1, 0.15) is 5.82 Å². The number of aromatic nitrogens is 4. The zero-order chi connectivity index (χ0) is 15.7. The summed E-state index contributed by atoms with van der Waals surface area (Å²) in [6.45, 7) is 3.83. The van der Waals surface area contributed by atoms with Gasteiger partial charge < -0.3 is 5.11 Å². The van der Waals surface area contributed by atoms with E-state index in [0.29, 0.717) is 10.9 Å². The van der Waals surface area contributed by atoms with Gasteiger partial charge in [-0.3, -0.25) is 0 Å². The minimum atomic E-state index is -0.909. The van der Waals surface area contributed by atoms with Gasteiger partial charge in [0.25, 0.3) is 5.78 Å². The highest BCUT2D eigenvalue weighted by Gasteiger charge is 2.15. The Kier molecular flexibility index (Phi) is 4.08. The van der Waals surface area contributed by atoms with Crippen molar-refractivity contribution in [3.63, 3.8) is 0 Å². The Morgan fingerprint density at radius 2 is 2.05 bits per heavy atom. The molecule has 0 spiro atoms. The lowest BCUT2D eigenvalue weighted by Crippen LogP contribution is -2.03. The van der Waals surface area contributed by atoms with Crippen molar-refractivity contribution >= 4 is 17.5 Å². The predicted octanol–water partition coefficient (Wildman–Crippen LogP) is 2.71. The monoisotopic (exact) mass is 318 g/mol. The first kappa shape index (κ1) is 14.9. The van der Waals surface area contributed by atoms with Crippen LogP contribution in [0.4, 0.5) is 4.39 Å². The average molecular weight is 318 g/mol. The average Bonchev–Trinajstić information content (AvgIpc) is 2.88. The summed E-state index contributed by atoms with van der Waals surface area (Å²) in [4.78, 5) is 8.63. The van der Waals surface area contributed by atoms with Gasteiger partial charge in [0, 0.05) is 22.7 Å². The van der Waals surface area contributed by atoms with E-state index in [4.69, 9.17) is 0 Å². The summed E-state index contributed by atoms with van der Waals surface area (Å²) >= 11 is 1.27. The Hall–Kier alpha value is -1.99. The van der Waals surface area contributed by atoms with Gasteiger partial charge in [-0.15, -0.1) is 5.10 Å². The van der Waals surface area contributed by atoms with E-state index in [1.165, 1.54) is 17.8 Å². The van der Waals surface area contributed by atoms with Crippen molar-refractivity contribution in [2.45, 2.75) is 25.1 Å². The van der Waals surface area contributed by atoms with Gasteiger partial charge in [0.05, 0.1) is 6.10 Å². The molecular formula is C15H15FN4OS. The SMILES string of the molecule is Cc1cc(C)n2nc(SCC(O)c3ccccc3F)nc2n1. The lowest BCUT2D eigenvalue weighted by molar-refractivity contribution is 0.199. The van der Waals surface area contributed by atoms with Crippen LogP contribution in [0.25, 0.3) is 5.78 Å². The first-order valence-corrected chi connectivity index (χ1v) is 7.79. The van der Waals surface area contributed by atoms with E-state index >= 15 is 0 Å². The Labute approximate surface area is 131 Å². The molecule has 5 nitrogen and oxygen atoms in total. The number of aliphatic hydroxyl groups excluding tert-OH is 1. The quantitative estimate of drug-likeness (QED) is 0.749. The molecule has 0 aliphatic rings. The van der Waals surface area contributed by atoms with Gasteiger partial charge in [-0.1, -0.05) is 30.0 Å². The number of fused-ring (bicyclic) bond motifs is 1. The normalized spacial score (nSPS) is 12.7. The number of rotatable bonds is 4. The third-order valence-corrected chi connectivity index (χ3v) is 4.15. The zero-order valence-corrected chi connectivity index (χ0v) is 13.0. The highest BCUT2D eigenvalue weighted by Crippen LogP contribution is 2.24. The van der Waals surface area contributed by atoms with Crippen LogP contribution in [-0.2, 0) is 0 Å². The smallest absolute Gasteiger partial charge is 0.253 e. The van der Waals surface area contributed by atoms with Crippen LogP contribution in [0.2, 0.25) is 0 Å². The molecule has 1 atom stereocenters. The molecule has 2 aromatic heterocycles. The minimum absolute atomic E-state index is 0.274. The zero-order valence-electron chi connectivity index (χ0n) is 12.2. The standard InChI is InChI=1S/C15H15FN4OS/c1-9-7-10(2)20-14(17-9)18-15(19-20)22-8-13(21)11-5-3-4-6-12(11)16/h3-7,13,21H,8H2,1-2H3. The molecule has 0 saturated carbocycles. The molecule has 114 valence electrons. The molecule has 0 amide bonds. The minimum Gasteiger partial charge on any atom is -0.387 e. The Bertz CT molecular complexity index is 820. The highest BCUT2D eigenvalue weighted by molar-refractivity contribution is 7.99. The van der Waals surface area contributed by atoms with Gasteiger partial charge in [0.15, 0.2) is 0 Å². The maximum Gasteiger partial charge on any atom is 0.253 e. The number of halogens is 1. The molecule has 1 N–H and O–H groups in total. The molecule has 0 radical (unpaired) electrons. The van der Waals surface area contributed by atoms with E-state index < -0.39 is 11.9 Å². The van der Waals surface area contributed by atoms with Gasteiger partial charge in [-0.25, -0.2) is 13.9 Å². The van der Waals surface area contributed by atoms with E-state index in [0.717, 1.165) is 11.4 Å². The van der Waals surface area contributed by atoms with Gasteiger partial charge in [-0.05, 0) is 26.0 Å². The van der Waals surface area contributed by atoms with Crippen LogP contribution in [0.15, 0.2) is 35.5 Å². The first-order valence-electron chi connectivity index (χ1n) is 6.81. The van der Waals surface area contributed by atoms with Crippen LogP contribution in [0.1, 0.15) is 23.1 Å². The van der Waals surface area contributed by atoms with Gasteiger partial charge in [0.2, 0.25) is 5.16 Å². The number of thioether (sulfide) groups is 1. The van der Waals surface area contributed by atoms with Crippen LogP contribution in [0.3, 0.4) is 0 Å². The number of hydrogen-bond donors (Lipinski definition) is 1. The van der Waals surface area contributed by atoms with E-state index in [9.17, 15) is 9.50 Å². The lowest BCUT2D eigenvalue weighted by Gasteiger charge is -2.09. The van der Waals surface area contributed by atoms with E-state index in [1.54, 1.807) is 22.7 Å². The van der Waals surface area contributed by atoms with Crippen molar-refractivity contribution in [3.8, 4) is 0 Å². The molecule has 7 heteroatoms. The first-order chi connectivity index (χ1) is 10.5. The van der Waals surface area contributed by atoms with Crippen molar-refractivity contribution < 1.29 is 9.50 Å². The number of hydrogen-bond acceptors (Lipinski definition) is 5. The van der Waals surface area contributed by atoms with E-state index in [2.05, 4.69) is 15.1 Å². The second-order valence-corrected chi connectivity index (χ2v) is 5.98. The lowest BCUT2D eigenvalue weighted by atomic mass is 10.1. The maximum absolute atomic E-state index is 13.6. The summed E-state index contributed by atoms with van der Waals surface area (Å²) in [5.74, 6) is 0.391. The second kappa shape index (κ2) is 6.02. The number of nitrogens with zero attached hydrogens (tertiary/aromatic N) is 4. The van der Waals surface area contributed by atoms with Crippen LogP contribution < -0.4 is 0 Å². The van der Waals surface area contributed by atoms with Crippen molar-refractivity contribution in [2.24, 2.45) is 0 Å². The van der Waals surface area contributed by atoms with Crippen LogP contribution in [0.5, 0.6) is 0 Å². The molecule has 1 unspecified atom stereocenters. The fourth-order valence-electron chi connectivity index (χ4n) is 2.20. The number of benzene rings is 1. The van der Waals surface area contributed by atoms with Gasteiger partial charge in [-0.2, -0.15) is 4.98 Å². The van der Waals surface area contributed by atoms with Gasteiger partial charge >= 0.3 is 0 Å². The van der Waals surface area contributed by atoms with Crippen LogP contribution in [0, 0.1) is 19.7 Å². The molecular weight excluding hydrogens is 303 g/mol. The van der Waals surface area contributed by atoms with Crippen molar-refractivity contribution in [2.75, 3.05) is 5.75 Å². The van der Waals surface area contributed by atoms with Crippen LogP contribution >= 0.6 is 11.8 Å². The van der Waals surface area contributed by atoms with Crippen molar-refractivity contribution in [1.82, 2.24) is 19.6 Å². The molecule has 22 heavy (non-hydrogen) atoms. The highest BCUT2D eigenvalue weighted by atomic mass is 32.2. The molecule has 0 fully saturated rings. The largest absolute Gasteiger partial charge is 0.387 e. The fraction of sp³-hybridized carbons (Fsp3) is 0.267. The van der Waals surface area contributed by atoms with Crippen LogP contribution in [-0.4, -0.2) is 30.4 Å². The Morgan fingerprint density at radius 1 is 1.27 bits per heavy atom. The summed E-state index contributed by atoms with van der Waals surface area (Å²) in [6.07, 6.45) is -0.909. The molecule has 0 bridgehead atoms.